The molecule has 18 heavy (non-hydrogen) atoms. The third kappa shape index (κ3) is 1.89. The number of nitrogens with two attached hydrogens (primary N) is 1. The van der Waals surface area contributed by atoms with Gasteiger partial charge in [-0.15, -0.1) is 0 Å². The molecule has 2 atom stereocenters. The van der Waals surface area contributed by atoms with E-state index >= 15 is 0 Å². The van der Waals surface area contributed by atoms with Crippen molar-refractivity contribution in [1.29, 1.82) is 0 Å². The number of ether oxygens (including phenoxy) is 1. The molecule has 0 aromatic heterocycles. The zero-order chi connectivity index (χ0) is 12.7. The lowest BCUT2D eigenvalue weighted by atomic mass is 9.96. The number of amides is 1. The minimum atomic E-state index is -0.393. The SMILES string of the molecule is NC(c1cc(F)cc2c1NC(=O)C2)C1CCCO1. The Bertz CT molecular complexity index is 498. The van der Waals surface area contributed by atoms with E-state index in [0.717, 1.165) is 12.8 Å². The summed E-state index contributed by atoms with van der Waals surface area (Å²) in [6.45, 7) is 0.697. The molecule has 1 fully saturated rings. The normalized spacial score (nSPS) is 23.9. The van der Waals surface area contributed by atoms with Gasteiger partial charge < -0.3 is 15.8 Å². The number of hydrogen-bond acceptors (Lipinski definition) is 3. The first-order valence-electron chi connectivity index (χ1n) is 6.14. The molecule has 1 amide bonds. The van der Waals surface area contributed by atoms with E-state index in [2.05, 4.69) is 5.32 Å². The fourth-order valence-electron chi connectivity index (χ4n) is 2.68. The third-order valence-electron chi connectivity index (χ3n) is 3.56. The van der Waals surface area contributed by atoms with Crippen molar-refractivity contribution < 1.29 is 13.9 Å². The summed E-state index contributed by atoms with van der Waals surface area (Å²) < 4.78 is 19.1. The Kier molecular flexibility index (Phi) is 2.80. The minimum Gasteiger partial charge on any atom is -0.376 e. The Balaban J connectivity index is 1.98. The maximum atomic E-state index is 13.6. The molecule has 96 valence electrons. The smallest absolute Gasteiger partial charge is 0.228 e. The fraction of sp³-hybridized carbons (Fsp3) is 0.462. The summed E-state index contributed by atoms with van der Waals surface area (Å²) in [6, 6.07) is 2.39. The minimum absolute atomic E-state index is 0.0894. The molecule has 0 spiro atoms. The highest BCUT2D eigenvalue weighted by molar-refractivity contribution is 6.00. The van der Waals surface area contributed by atoms with E-state index in [1.807, 2.05) is 0 Å². The van der Waals surface area contributed by atoms with Crippen molar-refractivity contribution in [3.63, 3.8) is 0 Å². The molecular formula is C13H15FN2O2. The standard InChI is InChI=1S/C13H15FN2O2/c14-8-4-7-5-11(17)16-13(7)9(6-8)12(15)10-2-1-3-18-10/h4,6,10,12H,1-3,5,15H2,(H,16,17). The van der Waals surface area contributed by atoms with Crippen LogP contribution in [0.4, 0.5) is 10.1 Å². The van der Waals surface area contributed by atoms with Crippen LogP contribution < -0.4 is 11.1 Å². The maximum absolute atomic E-state index is 13.6. The number of anilines is 1. The van der Waals surface area contributed by atoms with Gasteiger partial charge in [-0.3, -0.25) is 4.79 Å². The molecule has 2 aliphatic rings. The quantitative estimate of drug-likeness (QED) is 0.836. The van der Waals surface area contributed by atoms with Gasteiger partial charge in [0.05, 0.1) is 18.6 Å². The highest BCUT2D eigenvalue weighted by Crippen LogP contribution is 2.35. The predicted octanol–water partition coefficient (Wildman–Crippen LogP) is 1.50. The maximum Gasteiger partial charge on any atom is 0.228 e. The zero-order valence-corrected chi connectivity index (χ0v) is 9.91. The Hall–Kier alpha value is -1.46. The van der Waals surface area contributed by atoms with Crippen molar-refractivity contribution in [3.8, 4) is 0 Å². The highest BCUT2D eigenvalue weighted by atomic mass is 19.1. The van der Waals surface area contributed by atoms with Crippen molar-refractivity contribution in [3.05, 3.63) is 29.1 Å². The lowest BCUT2D eigenvalue weighted by Crippen LogP contribution is -2.26. The van der Waals surface area contributed by atoms with Gasteiger partial charge in [0.1, 0.15) is 5.82 Å². The lowest BCUT2D eigenvalue weighted by Gasteiger charge is -2.21. The zero-order valence-electron chi connectivity index (χ0n) is 9.91. The Morgan fingerprint density at radius 2 is 2.33 bits per heavy atom. The van der Waals surface area contributed by atoms with E-state index in [9.17, 15) is 9.18 Å². The molecule has 2 heterocycles. The molecule has 2 unspecified atom stereocenters. The van der Waals surface area contributed by atoms with Gasteiger partial charge in [-0.05, 0) is 36.1 Å². The van der Waals surface area contributed by atoms with E-state index in [-0.39, 0.29) is 24.2 Å². The first-order chi connectivity index (χ1) is 8.65. The second kappa shape index (κ2) is 4.33. The monoisotopic (exact) mass is 250 g/mol. The molecular weight excluding hydrogens is 235 g/mol. The lowest BCUT2D eigenvalue weighted by molar-refractivity contribution is -0.115. The Labute approximate surface area is 104 Å². The van der Waals surface area contributed by atoms with Crippen LogP contribution in [-0.4, -0.2) is 18.6 Å². The molecule has 0 saturated carbocycles. The highest BCUT2D eigenvalue weighted by Gasteiger charge is 2.30. The van der Waals surface area contributed by atoms with E-state index in [0.29, 0.717) is 23.4 Å². The third-order valence-corrected chi connectivity index (χ3v) is 3.56. The number of carbonyl (C=O) groups excluding carboxylic acids is 1. The van der Waals surface area contributed by atoms with Crippen LogP contribution in [0, 0.1) is 5.82 Å². The molecule has 1 aromatic carbocycles. The van der Waals surface area contributed by atoms with Gasteiger partial charge in [0.25, 0.3) is 0 Å². The fourth-order valence-corrected chi connectivity index (χ4v) is 2.68. The van der Waals surface area contributed by atoms with Crippen molar-refractivity contribution in [2.45, 2.75) is 31.4 Å². The number of hydrogen-bond donors (Lipinski definition) is 2. The molecule has 1 aromatic rings. The average molecular weight is 250 g/mol. The largest absolute Gasteiger partial charge is 0.376 e. The summed E-state index contributed by atoms with van der Waals surface area (Å²) in [5.74, 6) is -0.468. The van der Waals surface area contributed by atoms with Crippen LogP contribution in [0.3, 0.4) is 0 Å². The van der Waals surface area contributed by atoms with E-state index in [4.69, 9.17) is 10.5 Å². The predicted molar refractivity (Wildman–Crippen MR) is 64.6 cm³/mol. The summed E-state index contributed by atoms with van der Waals surface area (Å²) in [6.07, 6.45) is 1.98. The summed E-state index contributed by atoms with van der Waals surface area (Å²) in [5.41, 5.74) is 8.14. The molecule has 4 nitrogen and oxygen atoms in total. The molecule has 3 N–H and O–H groups in total. The number of rotatable bonds is 2. The molecule has 0 aliphatic carbocycles. The second-order valence-electron chi connectivity index (χ2n) is 4.83. The Morgan fingerprint density at radius 3 is 3.06 bits per heavy atom. The molecule has 0 bridgehead atoms. The molecule has 2 aliphatic heterocycles. The van der Waals surface area contributed by atoms with Gasteiger partial charge >= 0.3 is 0 Å². The van der Waals surface area contributed by atoms with Gasteiger partial charge in [-0.1, -0.05) is 0 Å². The van der Waals surface area contributed by atoms with Crippen molar-refractivity contribution in [2.24, 2.45) is 5.73 Å². The first kappa shape index (κ1) is 11.6. The van der Waals surface area contributed by atoms with E-state index in [1.165, 1.54) is 12.1 Å². The number of carbonyl (C=O) groups is 1. The van der Waals surface area contributed by atoms with Crippen LogP contribution >= 0.6 is 0 Å². The van der Waals surface area contributed by atoms with Crippen LogP contribution in [-0.2, 0) is 16.0 Å². The van der Waals surface area contributed by atoms with Crippen LogP contribution in [0.15, 0.2) is 12.1 Å². The number of halogens is 1. The van der Waals surface area contributed by atoms with Gasteiger partial charge in [-0.2, -0.15) is 0 Å². The summed E-state index contributed by atoms with van der Waals surface area (Å²) >= 11 is 0. The molecule has 3 rings (SSSR count). The number of nitrogens with one attached hydrogen (secondary N) is 1. The van der Waals surface area contributed by atoms with E-state index in [1.54, 1.807) is 0 Å². The van der Waals surface area contributed by atoms with Gasteiger partial charge in [0.2, 0.25) is 5.91 Å². The van der Waals surface area contributed by atoms with Crippen LogP contribution in [0.25, 0.3) is 0 Å². The van der Waals surface area contributed by atoms with Gasteiger partial charge in [0, 0.05) is 12.3 Å². The van der Waals surface area contributed by atoms with Gasteiger partial charge in [-0.25, -0.2) is 4.39 Å². The molecule has 1 saturated heterocycles. The summed E-state index contributed by atoms with van der Waals surface area (Å²) in [4.78, 5) is 11.4. The molecule has 0 radical (unpaired) electrons. The number of fused-ring (bicyclic) bond motifs is 1. The van der Waals surface area contributed by atoms with Crippen LogP contribution in [0.1, 0.15) is 30.0 Å². The summed E-state index contributed by atoms with van der Waals surface area (Å²) in [7, 11) is 0. The second-order valence-corrected chi connectivity index (χ2v) is 4.83. The Morgan fingerprint density at radius 1 is 1.50 bits per heavy atom. The topological polar surface area (TPSA) is 64.3 Å². The first-order valence-corrected chi connectivity index (χ1v) is 6.14. The van der Waals surface area contributed by atoms with Gasteiger partial charge in [0.15, 0.2) is 0 Å². The van der Waals surface area contributed by atoms with E-state index < -0.39 is 6.04 Å². The average Bonchev–Trinajstić information content (AvgIpc) is 2.94. The molecule has 5 heteroatoms. The van der Waals surface area contributed by atoms with Crippen molar-refractivity contribution >= 4 is 11.6 Å². The van der Waals surface area contributed by atoms with Crippen LogP contribution in [0.5, 0.6) is 0 Å². The summed E-state index contributed by atoms with van der Waals surface area (Å²) in [5, 5.41) is 2.76. The van der Waals surface area contributed by atoms with Crippen molar-refractivity contribution in [1.82, 2.24) is 0 Å². The van der Waals surface area contributed by atoms with Crippen molar-refractivity contribution in [2.75, 3.05) is 11.9 Å². The van der Waals surface area contributed by atoms with Crippen LogP contribution in [0.2, 0.25) is 0 Å². The number of benzene rings is 1.